The number of rotatable bonds is 15. The Labute approximate surface area is 279 Å². The van der Waals surface area contributed by atoms with Crippen molar-refractivity contribution in [1.29, 1.82) is 0 Å². The molecule has 0 unspecified atom stereocenters. The van der Waals surface area contributed by atoms with Crippen molar-refractivity contribution in [1.82, 2.24) is 10.2 Å². The largest absolute Gasteiger partial charge is 0.497 e. The molecule has 0 radical (unpaired) electrons. The van der Waals surface area contributed by atoms with E-state index in [4.69, 9.17) is 4.74 Å². The Bertz CT molecular complexity index is 1760. The third kappa shape index (κ3) is 9.23. The van der Waals surface area contributed by atoms with Gasteiger partial charge in [-0.3, -0.25) is 13.9 Å². The minimum absolute atomic E-state index is 0.0695. The van der Waals surface area contributed by atoms with E-state index in [0.29, 0.717) is 23.5 Å². The second-order valence-corrected chi connectivity index (χ2v) is 13.7. The highest BCUT2D eigenvalue weighted by Gasteiger charge is 2.35. The molecule has 2 amide bonds. The monoisotopic (exact) mass is 655 g/mol. The summed E-state index contributed by atoms with van der Waals surface area (Å²) in [5.74, 6) is -0.186. The molecule has 1 N–H and O–H groups in total. The highest BCUT2D eigenvalue weighted by molar-refractivity contribution is 7.92. The molecule has 0 aliphatic rings. The van der Waals surface area contributed by atoms with Crippen molar-refractivity contribution in [2.45, 2.75) is 64.4 Å². The minimum Gasteiger partial charge on any atom is -0.497 e. The fourth-order valence-corrected chi connectivity index (χ4v) is 6.94. The molecule has 4 aromatic carbocycles. The van der Waals surface area contributed by atoms with E-state index in [-0.39, 0.29) is 23.8 Å². The van der Waals surface area contributed by atoms with E-state index < -0.39 is 28.5 Å². The van der Waals surface area contributed by atoms with E-state index >= 15 is 0 Å². The second-order valence-electron chi connectivity index (χ2n) is 11.8. The van der Waals surface area contributed by atoms with Crippen molar-refractivity contribution in [2.24, 2.45) is 0 Å². The van der Waals surface area contributed by atoms with Crippen LogP contribution in [-0.4, -0.2) is 51.4 Å². The van der Waals surface area contributed by atoms with Crippen LogP contribution in [0.1, 0.15) is 47.6 Å². The van der Waals surface area contributed by atoms with Gasteiger partial charge in [-0.2, -0.15) is 0 Å². The average Bonchev–Trinajstić information content (AvgIpc) is 3.06. The van der Waals surface area contributed by atoms with Gasteiger partial charge in [0.2, 0.25) is 11.8 Å². The zero-order valence-corrected chi connectivity index (χ0v) is 28.7. The smallest absolute Gasteiger partial charge is 0.264 e. The molecule has 0 aromatic heterocycles. The first kappa shape index (κ1) is 35.2. The van der Waals surface area contributed by atoms with Crippen LogP contribution in [0.25, 0.3) is 0 Å². The number of nitrogens with zero attached hydrogens (tertiary/aromatic N) is 2. The van der Waals surface area contributed by atoms with Gasteiger partial charge in [0.25, 0.3) is 10.0 Å². The maximum atomic E-state index is 14.7. The highest BCUT2D eigenvalue weighted by atomic mass is 32.2. The Morgan fingerprint density at radius 1 is 0.830 bits per heavy atom. The number of benzene rings is 4. The van der Waals surface area contributed by atoms with Crippen molar-refractivity contribution in [3.05, 3.63) is 125 Å². The van der Waals surface area contributed by atoms with Crippen LogP contribution in [0, 0.1) is 20.8 Å². The molecular formula is C38H45N3O5S. The summed E-state index contributed by atoms with van der Waals surface area (Å²) in [6, 6.07) is 28.0. The molecule has 0 fully saturated rings. The number of anilines is 1. The lowest BCUT2D eigenvalue weighted by Gasteiger charge is -2.34. The quantitative estimate of drug-likeness (QED) is 0.150. The predicted molar refractivity (Wildman–Crippen MR) is 187 cm³/mol. The first-order chi connectivity index (χ1) is 22.5. The van der Waals surface area contributed by atoms with Gasteiger partial charge in [-0.15, -0.1) is 0 Å². The van der Waals surface area contributed by atoms with Crippen LogP contribution in [0.4, 0.5) is 5.69 Å². The zero-order valence-electron chi connectivity index (χ0n) is 27.9. The number of sulfonamides is 1. The summed E-state index contributed by atoms with van der Waals surface area (Å²) in [6.07, 6.45) is 1.95. The van der Waals surface area contributed by atoms with E-state index in [1.54, 1.807) is 37.4 Å². The molecule has 0 aliphatic carbocycles. The summed E-state index contributed by atoms with van der Waals surface area (Å²) in [5, 5.41) is 3.02. The molecule has 0 saturated carbocycles. The lowest BCUT2D eigenvalue weighted by molar-refractivity contribution is -0.140. The number of methoxy groups -OCH3 is 1. The summed E-state index contributed by atoms with van der Waals surface area (Å²) in [7, 11) is -2.61. The van der Waals surface area contributed by atoms with Crippen molar-refractivity contribution in [3.63, 3.8) is 0 Å². The van der Waals surface area contributed by atoms with Crippen molar-refractivity contribution in [2.75, 3.05) is 24.5 Å². The van der Waals surface area contributed by atoms with Gasteiger partial charge in [0.05, 0.1) is 17.7 Å². The third-order valence-electron chi connectivity index (χ3n) is 8.10. The van der Waals surface area contributed by atoms with Crippen LogP contribution in [0.3, 0.4) is 0 Å². The van der Waals surface area contributed by atoms with E-state index in [0.717, 1.165) is 35.1 Å². The maximum absolute atomic E-state index is 14.7. The third-order valence-corrected chi connectivity index (χ3v) is 9.87. The Morgan fingerprint density at radius 3 is 2.17 bits per heavy atom. The lowest BCUT2D eigenvalue weighted by atomic mass is 10.0. The normalized spacial score (nSPS) is 11.9. The molecule has 47 heavy (non-hydrogen) atoms. The number of carbonyl (C=O) groups is 2. The molecule has 0 spiro atoms. The Kier molecular flexibility index (Phi) is 12.2. The number of nitrogens with one attached hydrogen (secondary N) is 1. The summed E-state index contributed by atoms with van der Waals surface area (Å²) in [6.45, 7) is 7.73. The molecule has 248 valence electrons. The summed E-state index contributed by atoms with van der Waals surface area (Å²) >= 11 is 0. The molecule has 9 heteroatoms. The van der Waals surface area contributed by atoms with Crippen LogP contribution in [0.5, 0.6) is 5.75 Å². The Morgan fingerprint density at radius 2 is 1.51 bits per heavy atom. The highest BCUT2D eigenvalue weighted by Crippen LogP contribution is 2.29. The van der Waals surface area contributed by atoms with E-state index in [1.807, 2.05) is 94.4 Å². The fraction of sp³-hybridized carbons (Fsp3) is 0.316. The van der Waals surface area contributed by atoms with E-state index in [9.17, 15) is 18.0 Å². The molecule has 4 rings (SSSR count). The standard InChI is InChI=1S/C38H45N3O5S/c1-6-7-22-39-38(43)36(25-31-12-9-8-10-13-31)40(26-32-14-11-15-33(24-32)46-5)37(42)27-41(35-21-18-29(3)23-30(35)4)47(44,45)34-19-16-28(2)17-20-34/h8-21,23-24,36H,6-7,22,25-27H2,1-5H3,(H,39,43)/t36-/m1/s1. The first-order valence-corrected chi connectivity index (χ1v) is 17.4. The van der Waals surface area contributed by atoms with Crippen LogP contribution < -0.4 is 14.4 Å². The number of hydrogen-bond acceptors (Lipinski definition) is 5. The predicted octanol–water partition coefficient (Wildman–Crippen LogP) is 6.37. The summed E-state index contributed by atoms with van der Waals surface area (Å²) in [4.78, 5) is 30.2. The molecule has 8 nitrogen and oxygen atoms in total. The average molecular weight is 656 g/mol. The number of amides is 2. The number of ether oxygens (including phenoxy) is 1. The van der Waals surface area contributed by atoms with Crippen molar-refractivity contribution >= 4 is 27.5 Å². The number of aryl methyl sites for hydroxylation is 3. The van der Waals surface area contributed by atoms with Gasteiger partial charge < -0.3 is 15.0 Å². The fourth-order valence-electron chi connectivity index (χ4n) is 5.46. The SMILES string of the molecule is CCCCNC(=O)[C@@H](Cc1ccccc1)N(Cc1cccc(OC)c1)C(=O)CN(c1ccc(C)cc1C)S(=O)(=O)c1ccc(C)cc1. The Hall–Kier alpha value is -4.63. The number of unbranched alkanes of at least 4 members (excludes halogenated alkanes) is 1. The van der Waals surface area contributed by atoms with Gasteiger partial charge in [0.1, 0.15) is 18.3 Å². The maximum Gasteiger partial charge on any atom is 0.264 e. The molecule has 0 aliphatic heterocycles. The van der Waals surface area contributed by atoms with Gasteiger partial charge >= 0.3 is 0 Å². The first-order valence-electron chi connectivity index (χ1n) is 15.9. The molecule has 0 bridgehead atoms. The van der Waals surface area contributed by atoms with Crippen molar-refractivity contribution in [3.8, 4) is 5.75 Å². The van der Waals surface area contributed by atoms with E-state index in [1.165, 1.54) is 9.21 Å². The second kappa shape index (κ2) is 16.3. The van der Waals surface area contributed by atoms with Gasteiger partial charge in [0.15, 0.2) is 0 Å². The van der Waals surface area contributed by atoms with Crippen molar-refractivity contribution < 1.29 is 22.7 Å². The number of hydrogen-bond donors (Lipinski definition) is 1. The van der Waals surface area contributed by atoms with Gasteiger partial charge in [-0.25, -0.2) is 8.42 Å². The van der Waals surface area contributed by atoms with Crippen LogP contribution >= 0.6 is 0 Å². The minimum atomic E-state index is -4.18. The number of carbonyl (C=O) groups excluding carboxylic acids is 2. The van der Waals surface area contributed by atoms with Gasteiger partial charge in [0, 0.05) is 19.5 Å². The summed E-state index contributed by atoms with van der Waals surface area (Å²) in [5.41, 5.74) is 4.63. The lowest BCUT2D eigenvalue weighted by Crippen LogP contribution is -2.53. The summed E-state index contributed by atoms with van der Waals surface area (Å²) < 4.78 is 35.2. The van der Waals surface area contributed by atoms with E-state index in [2.05, 4.69) is 5.32 Å². The van der Waals surface area contributed by atoms with Crippen LogP contribution in [-0.2, 0) is 32.6 Å². The molecule has 0 saturated heterocycles. The van der Waals surface area contributed by atoms with Gasteiger partial charge in [-0.05, 0) is 74.2 Å². The molecular weight excluding hydrogens is 611 g/mol. The molecule has 1 atom stereocenters. The molecule has 0 heterocycles. The van der Waals surface area contributed by atoms with Crippen LogP contribution in [0.15, 0.2) is 102 Å². The topological polar surface area (TPSA) is 96.0 Å². The van der Waals surface area contributed by atoms with Crippen LogP contribution in [0.2, 0.25) is 0 Å². The Balaban J connectivity index is 1.82. The zero-order chi connectivity index (χ0) is 34.0. The molecule has 4 aromatic rings. The van der Waals surface area contributed by atoms with Gasteiger partial charge in [-0.1, -0.05) is 91.2 Å².